The maximum absolute atomic E-state index is 5.77. The summed E-state index contributed by atoms with van der Waals surface area (Å²) in [7, 11) is 0. The van der Waals surface area contributed by atoms with Crippen LogP contribution in [0.3, 0.4) is 0 Å². The maximum Gasteiger partial charge on any atom is 0.0486 e. The molecule has 0 fully saturated rings. The molecule has 0 aliphatic rings. The monoisotopic (exact) mass is 220 g/mol. The summed E-state index contributed by atoms with van der Waals surface area (Å²) in [5, 5.41) is 1.20. The molecule has 0 spiro atoms. The molecule has 1 aromatic heterocycles. The van der Waals surface area contributed by atoms with Crippen LogP contribution >= 0.6 is 12.6 Å². The van der Waals surface area contributed by atoms with Gasteiger partial charge in [-0.15, -0.1) is 0 Å². The number of fused-ring (bicyclic) bond motifs is 1. The number of nitrogen functional groups attached to an aromatic ring is 1. The van der Waals surface area contributed by atoms with Crippen LogP contribution in [0.15, 0.2) is 24.3 Å². The summed E-state index contributed by atoms with van der Waals surface area (Å²) in [4.78, 5) is 0. The molecule has 0 radical (unpaired) electrons. The van der Waals surface area contributed by atoms with Gasteiger partial charge >= 0.3 is 0 Å². The first-order valence-electron chi connectivity index (χ1n) is 5.13. The highest BCUT2D eigenvalue weighted by Gasteiger charge is 2.09. The predicted molar refractivity (Wildman–Crippen MR) is 69.4 cm³/mol. The molecule has 0 bridgehead atoms. The molecule has 0 aliphatic carbocycles. The zero-order valence-electron chi connectivity index (χ0n) is 9.07. The van der Waals surface area contributed by atoms with Gasteiger partial charge in [0.15, 0.2) is 0 Å². The van der Waals surface area contributed by atoms with Crippen molar-refractivity contribution < 1.29 is 0 Å². The molecule has 2 nitrogen and oxygen atoms in total. The molecular weight excluding hydrogens is 204 g/mol. The van der Waals surface area contributed by atoms with Crippen LogP contribution in [-0.2, 0) is 5.75 Å². The summed E-state index contributed by atoms with van der Waals surface area (Å²) in [5.41, 5.74) is 9.07. The second-order valence-electron chi connectivity index (χ2n) is 4.08. The number of rotatable bonds is 2. The van der Waals surface area contributed by atoms with E-state index in [9.17, 15) is 0 Å². The van der Waals surface area contributed by atoms with Gasteiger partial charge < -0.3 is 10.3 Å². The van der Waals surface area contributed by atoms with Gasteiger partial charge in [-0.05, 0) is 38.1 Å². The highest BCUT2D eigenvalue weighted by Crippen LogP contribution is 2.26. The number of nitrogens with zero attached hydrogens (tertiary/aromatic N) is 1. The summed E-state index contributed by atoms with van der Waals surface area (Å²) >= 11 is 4.36. The molecule has 1 aromatic carbocycles. The molecular formula is C12H16N2S. The van der Waals surface area contributed by atoms with E-state index in [1.54, 1.807) is 0 Å². The van der Waals surface area contributed by atoms with Gasteiger partial charge in [-0.2, -0.15) is 12.6 Å². The van der Waals surface area contributed by atoms with Gasteiger partial charge in [0.1, 0.15) is 0 Å². The van der Waals surface area contributed by atoms with Crippen molar-refractivity contribution in [3.8, 4) is 0 Å². The van der Waals surface area contributed by atoms with E-state index in [0.29, 0.717) is 6.04 Å². The third-order valence-corrected chi connectivity index (χ3v) is 2.95. The molecule has 1 heterocycles. The van der Waals surface area contributed by atoms with Crippen LogP contribution in [0.25, 0.3) is 10.9 Å². The third-order valence-electron chi connectivity index (χ3n) is 2.62. The minimum Gasteiger partial charge on any atom is -0.399 e. The zero-order chi connectivity index (χ0) is 11.0. The Labute approximate surface area is 95.5 Å². The van der Waals surface area contributed by atoms with E-state index in [4.69, 9.17) is 5.73 Å². The van der Waals surface area contributed by atoms with Crippen molar-refractivity contribution in [2.75, 3.05) is 5.73 Å². The standard InChI is InChI=1S/C12H16N2S/c1-8(2)14-11(7-15)6-9-5-10(13)3-4-12(9)14/h3-6,8,15H,7,13H2,1-2H3. The Hall–Kier alpha value is -1.09. The lowest BCUT2D eigenvalue weighted by Gasteiger charge is -2.13. The molecule has 0 amide bonds. The van der Waals surface area contributed by atoms with Crippen LogP contribution in [0.1, 0.15) is 25.6 Å². The summed E-state index contributed by atoms with van der Waals surface area (Å²) in [6.07, 6.45) is 0. The van der Waals surface area contributed by atoms with Gasteiger partial charge in [0.2, 0.25) is 0 Å². The molecule has 2 N–H and O–H groups in total. The first-order valence-corrected chi connectivity index (χ1v) is 5.77. The zero-order valence-corrected chi connectivity index (χ0v) is 9.96. The number of thiol groups is 1. The van der Waals surface area contributed by atoms with Crippen LogP contribution in [0.2, 0.25) is 0 Å². The van der Waals surface area contributed by atoms with Gasteiger partial charge in [0.25, 0.3) is 0 Å². The fraction of sp³-hybridized carbons (Fsp3) is 0.333. The lowest BCUT2D eigenvalue weighted by atomic mass is 10.2. The quantitative estimate of drug-likeness (QED) is 0.591. The molecule has 3 heteroatoms. The Morgan fingerprint density at radius 2 is 2.07 bits per heavy atom. The molecule has 0 saturated heterocycles. The summed E-state index contributed by atoms with van der Waals surface area (Å²) in [5.74, 6) is 0.757. The van der Waals surface area contributed by atoms with E-state index < -0.39 is 0 Å². The van der Waals surface area contributed by atoms with Crippen molar-refractivity contribution >= 4 is 29.2 Å². The molecule has 0 saturated carbocycles. The van der Waals surface area contributed by atoms with Gasteiger partial charge in [0, 0.05) is 34.1 Å². The van der Waals surface area contributed by atoms with Gasteiger partial charge in [-0.1, -0.05) is 0 Å². The fourth-order valence-corrected chi connectivity index (χ4v) is 2.29. The third kappa shape index (κ3) is 1.72. The van der Waals surface area contributed by atoms with Gasteiger partial charge in [-0.25, -0.2) is 0 Å². The second kappa shape index (κ2) is 3.81. The van der Waals surface area contributed by atoms with E-state index >= 15 is 0 Å². The number of nitrogens with two attached hydrogens (primary N) is 1. The van der Waals surface area contributed by atoms with Crippen LogP contribution in [-0.4, -0.2) is 4.57 Å². The number of hydrogen-bond acceptors (Lipinski definition) is 2. The van der Waals surface area contributed by atoms with Crippen molar-refractivity contribution in [1.29, 1.82) is 0 Å². The minimum atomic E-state index is 0.452. The lowest BCUT2D eigenvalue weighted by Crippen LogP contribution is -2.03. The van der Waals surface area contributed by atoms with Crippen molar-refractivity contribution in [2.24, 2.45) is 0 Å². The Kier molecular flexibility index (Phi) is 2.65. The molecule has 15 heavy (non-hydrogen) atoms. The normalized spacial score (nSPS) is 11.5. The molecule has 2 rings (SSSR count). The Bertz CT molecular complexity index is 486. The van der Waals surface area contributed by atoms with Gasteiger partial charge in [0.05, 0.1) is 0 Å². The Morgan fingerprint density at radius 1 is 1.33 bits per heavy atom. The predicted octanol–water partition coefficient (Wildman–Crippen LogP) is 3.23. The smallest absolute Gasteiger partial charge is 0.0486 e. The first kappa shape index (κ1) is 10.4. The average Bonchev–Trinajstić information content (AvgIpc) is 2.54. The number of hydrogen-bond donors (Lipinski definition) is 2. The highest BCUT2D eigenvalue weighted by atomic mass is 32.1. The minimum absolute atomic E-state index is 0.452. The number of benzene rings is 1. The largest absolute Gasteiger partial charge is 0.399 e. The van der Waals surface area contributed by atoms with Crippen LogP contribution < -0.4 is 5.73 Å². The topological polar surface area (TPSA) is 30.9 Å². The fourth-order valence-electron chi connectivity index (χ4n) is 2.04. The van der Waals surface area contributed by atoms with E-state index in [1.165, 1.54) is 16.6 Å². The Morgan fingerprint density at radius 3 is 2.67 bits per heavy atom. The number of aromatic nitrogens is 1. The van der Waals surface area contributed by atoms with Crippen LogP contribution in [0.4, 0.5) is 5.69 Å². The summed E-state index contributed by atoms with van der Waals surface area (Å²) < 4.78 is 2.31. The first-order chi connectivity index (χ1) is 7.13. The van der Waals surface area contributed by atoms with E-state index in [2.05, 4.69) is 43.2 Å². The molecule has 0 atom stereocenters. The molecule has 0 aliphatic heterocycles. The molecule has 0 unspecified atom stereocenters. The Balaban J connectivity index is 2.74. The van der Waals surface area contributed by atoms with Crippen molar-refractivity contribution in [1.82, 2.24) is 4.57 Å². The number of anilines is 1. The van der Waals surface area contributed by atoms with E-state index in [-0.39, 0.29) is 0 Å². The van der Waals surface area contributed by atoms with Crippen LogP contribution in [0, 0.1) is 0 Å². The molecule has 2 aromatic rings. The average molecular weight is 220 g/mol. The summed E-state index contributed by atoms with van der Waals surface area (Å²) in [6.45, 7) is 4.37. The van der Waals surface area contributed by atoms with Crippen molar-refractivity contribution in [3.63, 3.8) is 0 Å². The molecule has 80 valence electrons. The second-order valence-corrected chi connectivity index (χ2v) is 4.39. The highest BCUT2D eigenvalue weighted by molar-refractivity contribution is 7.79. The van der Waals surface area contributed by atoms with Crippen molar-refractivity contribution in [3.05, 3.63) is 30.0 Å². The maximum atomic E-state index is 5.77. The van der Waals surface area contributed by atoms with Crippen LogP contribution in [0.5, 0.6) is 0 Å². The SMILES string of the molecule is CC(C)n1c(CS)cc2cc(N)ccc21. The lowest BCUT2D eigenvalue weighted by molar-refractivity contribution is 0.606. The van der Waals surface area contributed by atoms with Gasteiger partial charge in [-0.3, -0.25) is 0 Å². The summed E-state index contributed by atoms with van der Waals surface area (Å²) in [6, 6.07) is 8.66. The van der Waals surface area contributed by atoms with Crippen molar-refractivity contribution in [2.45, 2.75) is 25.6 Å². The van der Waals surface area contributed by atoms with E-state index in [1.807, 2.05) is 12.1 Å². The van der Waals surface area contributed by atoms with E-state index in [0.717, 1.165) is 11.4 Å².